The van der Waals surface area contributed by atoms with Crippen LogP contribution >= 0.6 is 0 Å². The van der Waals surface area contributed by atoms with E-state index in [2.05, 4.69) is 17.3 Å². The van der Waals surface area contributed by atoms with Crippen molar-refractivity contribution in [2.45, 2.75) is 32.6 Å². The maximum atomic E-state index is 12.0. The van der Waals surface area contributed by atoms with Gasteiger partial charge in [-0.1, -0.05) is 19.8 Å². The van der Waals surface area contributed by atoms with Crippen LogP contribution in [0.25, 0.3) is 0 Å². The van der Waals surface area contributed by atoms with Gasteiger partial charge >= 0.3 is 0 Å². The second-order valence-corrected chi connectivity index (χ2v) is 5.27. The zero-order valence-corrected chi connectivity index (χ0v) is 10.5. The summed E-state index contributed by atoms with van der Waals surface area (Å²) < 4.78 is 1.52. The van der Waals surface area contributed by atoms with Crippen molar-refractivity contribution >= 4 is 11.6 Å². The molecule has 1 heterocycles. The molecule has 1 fully saturated rings. The number of hydrogen-bond acceptors (Lipinski definition) is 3. The number of nitrogens with one attached hydrogen (secondary N) is 1. The molecule has 5 nitrogen and oxygen atoms in total. The first-order valence-corrected chi connectivity index (χ1v) is 6.07. The highest BCUT2D eigenvalue weighted by Gasteiger charge is 2.29. The number of hydrogen-bond donors (Lipinski definition) is 2. The molecule has 3 N–H and O–H groups in total. The molecule has 0 atom stereocenters. The van der Waals surface area contributed by atoms with Gasteiger partial charge in [0.25, 0.3) is 5.91 Å². The topological polar surface area (TPSA) is 72.9 Å². The Labute approximate surface area is 101 Å². The van der Waals surface area contributed by atoms with Gasteiger partial charge in [0.1, 0.15) is 5.69 Å². The molecular weight excluding hydrogens is 216 g/mol. The van der Waals surface area contributed by atoms with E-state index in [0.717, 1.165) is 6.54 Å². The van der Waals surface area contributed by atoms with Gasteiger partial charge in [0, 0.05) is 13.6 Å². The van der Waals surface area contributed by atoms with Gasteiger partial charge in [-0.2, -0.15) is 5.10 Å². The molecule has 1 aromatic heterocycles. The molecule has 0 aromatic carbocycles. The Hall–Kier alpha value is -1.52. The molecule has 0 spiro atoms. The minimum Gasteiger partial charge on any atom is -0.396 e. The van der Waals surface area contributed by atoms with Gasteiger partial charge in [-0.25, -0.2) is 0 Å². The third kappa shape index (κ3) is 2.43. The lowest BCUT2D eigenvalue weighted by Gasteiger charge is -2.23. The molecule has 2 rings (SSSR count). The molecule has 0 unspecified atom stereocenters. The van der Waals surface area contributed by atoms with Crippen LogP contribution in [0, 0.1) is 5.41 Å². The SMILES string of the molecule is Cn1ncc(N)c1C(=O)NCC1(C)CCCC1. The van der Waals surface area contributed by atoms with E-state index >= 15 is 0 Å². The number of nitrogens with two attached hydrogens (primary N) is 1. The van der Waals surface area contributed by atoms with Gasteiger partial charge in [-0.15, -0.1) is 0 Å². The maximum Gasteiger partial charge on any atom is 0.271 e. The van der Waals surface area contributed by atoms with E-state index < -0.39 is 0 Å². The molecule has 17 heavy (non-hydrogen) atoms. The predicted molar refractivity (Wildman–Crippen MR) is 66.5 cm³/mol. The molecule has 94 valence electrons. The van der Waals surface area contributed by atoms with E-state index in [1.165, 1.54) is 36.6 Å². The Balaban J connectivity index is 1.98. The second kappa shape index (κ2) is 4.39. The van der Waals surface area contributed by atoms with Crippen LogP contribution in [-0.2, 0) is 7.05 Å². The fraction of sp³-hybridized carbons (Fsp3) is 0.667. The lowest BCUT2D eigenvalue weighted by molar-refractivity contribution is 0.0925. The van der Waals surface area contributed by atoms with Crippen molar-refractivity contribution in [2.75, 3.05) is 12.3 Å². The number of carbonyl (C=O) groups excluding carboxylic acids is 1. The monoisotopic (exact) mass is 236 g/mol. The van der Waals surface area contributed by atoms with Gasteiger partial charge in [0.05, 0.1) is 11.9 Å². The first-order valence-electron chi connectivity index (χ1n) is 6.07. The van der Waals surface area contributed by atoms with Crippen molar-refractivity contribution in [1.82, 2.24) is 15.1 Å². The van der Waals surface area contributed by atoms with Gasteiger partial charge < -0.3 is 11.1 Å². The summed E-state index contributed by atoms with van der Waals surface area (Å²) >= 11 is 0. The Kier molecular flexibility index (Phi) is 3.09. The summed E-state index contributed by atoms with van der Waals surface area (Å²) in [5, 5.41) is 6.93. The van der Waals surface area contributed by atoms with Gasteiger partial charge in [-0.3, -0.25) is 9.48 Å². The predicted octanol–water partition coefficient (Wildman–Crippen LogP) is 1.31. The minimum atomic E-state index is -0.129. The average Bonchev–Trinajstić information content (AvgIpc) is 2.84. The van der Waals surface area contributed by atoms with E-state index in [4.69, 9.17) is 5.73 Å². The van der Waals surface area contributed by atoms with Gasteiger partial charge in [-0.05, 0) is 18.3 Å². The van der Waals surface area contributed by atoms with Gasteiger partial charge in [0.2, 0.25) is 0 Å². The Morgan fingerprint density at radius 1 is 1.59 bits per heavy atom. The highest BCUT2D eigenvalue weighted by Crippen LogP contribution is 2.36. The number of aryl methyl sites for hydroxylation is 1. The highest BCUT2D eigenvalue weighted by atomic mass is 16.2. The van der Waals surface area contributed by atoms with E-state index in [1.807, 2.05) is 0 Å². The third-order valence-electron chi connectivity index (χ3n) is 3.67. The Morgan fingerprint density at radius 2 is 2.24 bits per heavy atom. The Bertz CT molecular complexity index is 399. The normalized spacial score (nSPS) is 18.2. The molecule has 1 saturated carbocycles. The summed E-state index contributed by atoms with van der Waals surface area (Å²) in [5.41, 5.74) is 6.85. The van der Waals surface area contributed by atoms with Crippen LogP contribution in [0.4, 0.5) is 5.69 Å². The number of rotatable bonds is 3. The zero-order valence-electron chi connectivity index (χ0n) is 10.5. The third-order valence-corrected chi connectivity index (χ3v) is 3.67. The number of amides is 1. The Morgan fingerprint density at radius 3 is 2.76 bits per heavy atom. The summed E-state index contributed by atoms with van der Waals surface area (Å²) in [6, 6.07) is 0. The lowest BCUT2D eigenvalue weighted by atomic mass is 9.89. The smallest absolute Gasteiger partial charge is 0.271 e. The summed E-state index contributed by atoms with van der Waals surface area (Å²) in [4.78, 5) is 12.0. The highest BCUT2D eigenvalue weighted by molar-refractivity contribution is 5.97. The quantitative estimate of drug-likeness (QED) is 0.831. The van der Waals surface area contributed by atoms with E-state index in [0.29, 0.717) is 11.4 Å². The molecule has 0 bridgehead atoms. The van der Waals surface area contributed by atoms with Crippen LogP contribution in [-0.4, -0.2) is 22.2 Å². The van der Waals surface area contributed by atoms with Crippen molar-refractivity contribution in [3.05, 3.63) is 11.9 Å². The number of aromatic nitrogens is 2. The van der Waals surface area contributed by atoms with Crippen molar-refractivity contribution in [2.24, 2.45) is 12.5 Å². The lowest BCUT2D eigenvalue weighted by Crippen LogP contribution is -2.35. The standard InChI is InChI=1S/C12H20N4O/c1-12(5-3-4-6-12)8-14-11(17)10-9(13)7-15-16(10)2/h7H,3-6,8,13H2,1-2H3,(H,14,17). The molecule has 1 aliphatic rings. The average molecular weight is 236 g/mol. The number of carbonyl (C=O) groups is 1. The number of anilines is 1. The molecular formula is C12H20N4O. The van der Waals surface area contributed by atoms with Crippen LogP contribution in [0.15, 0.2) is 6.20 Å². The molecule has 0 radical (unpaired) electrons. The fourth-order valence-electron chi connectivity index (χ4n) is 2.52. The summed E-state index contributed by atoms with van der Waals surface area (Å²) in [6.07, 6.45) is 6.41. The van der Waals surface area contributed by atoms with Crippen molar-refractivity contribution < 1.29 is 4.79 Å². The summed E-state index contributed by atoms with van der Waals surface area (Å²) in [7, 11) is 1.72. The minimum absolute atomic E-state index is 0.129. The first-order chi connectivity index (χ1) is 8.02. The molecule has 1 aliphatic carbocycles. The zero-order chi connectivity index (χ0) is 12.5. The second-order valence-electron chi connectivity index (χ2n) is 5.27. The van der Waals surface area contributed by atoms with Crippen LogP contribution in [0.5, 0.6) is 0 Å². The van der Waals surface area contributed by atoms with E-state index in [1.54, 1.807) is 7.05 Å². The van der Waals surface area contributed by atoms with Crippen LogP contribution < -0.4 is 11.1 Å². The van der Waals surface area contributed by atoms with Crippen LogP contribution in [0.1, 0.15) is 43.1 Å². The van der Waals surface area contributed by atoms with E-state index in [9.17, 15) is 4.79 Å². The molecule has 1 aromatic rings. The van der Waals surface area contributed by atoms with E-state index in [-0.39, 0.29) is 11.3 Å². The van der Waals surface area contributed by atoms with Crippen LogP contribution in [0.3, 0.4) is 0 Å². The first kappa shape index (κ1) is 12.0. The fourth-order valence-corrected chi connectivity index (χ4v) is 2.52. The largest absolute Gasteiger partial charge is 0.396 e. The summed E-state index contributed by atoms with van der Waals surface area (Å²) in [6.45, 7) is 2.95. The van der Waals surface area contributed by atoms with Crippen molar-refractivity contribution in [3.63, 3.8) is 0 Å². The van der Waals surface area contributed by atoms with Crippen LogP contribution in [0.2, 0.25) is 0 Å². The molecule has 5 heteroatoms. The summed E-state index contributed by atoms with van der Waals surface area (Å²) in [5.74, 6) is -0.129. The molecule has 0 saturated heterocycles. The van der Waals surface area contributed by atoms with Crippen molar-refractivity contribution in [3.8, 4) is 0 Å². The molecule has 0 aliphatic heterocycles. The number of nitrogen functional groups attached to an aromatic ring is 1. The van der Waals surface area contributed by atoms with Crippen molar-refractivity contribution in [1.29, 1.82) is 0 Å². The van der Waals surface area contributed by atoms with Gasteiger partial charge in [0.15, 0.2) is 0 Å². The maximum absolute atomic E-state index is 12.0. The number of nitrogens with zero attached hydrogens (tertiary/aromatic N) is 2. The molecule has 1 amide bonds.